The fourth-order valence-corrected chi connectivity index (χ4v) is 2.97. The van der Waals surface area contributed by atoms with Gasteiger partial charge in [0, 0.05) is 30.2 Å². The first kappa shape index (κ1) is 15.7. The summed E-state index contributed by atoms with van der Waals surface area (Å²) in [5.74, 6) is 0.829. The van der Waals surface area contributed by atoms with E-state index >= 15 is 0 Å². The van der Waals surface area contributed by atoms with E-state index in [2.05, 4.69) is 15.6 Å². The molecular weight excluding hydrogens is 294 g/mol. The van der Waals surface area contributed by atoms with Crippen molar-refractivity contribution in [3.8, 4) is 5.75 Å². The summed E-state index contributed by atoms with van der Waals surface area (Å²) in [6.07, 6.45) is 5.22. The Balaban J connectivity index is 1.51. The van der Waals surface area contributed by atoms with Gasteiger partial charge in [0.05, 0.1) is 12.7 Å². The van der Waals surface area contributed by atoms with Crippen molar-refractivity contribution in [3.63, 3.8) is 0 Å². The van der Waals surface area contributed by atoms with Crippen LogP contribution in [-0.4, -0.2) is 41.9 Å². The van der Waals surface area contributed by atoms with E-state index in [0.29, 0.717) is 19.5 Å². The van der Waals surface area contributed by atoms with Crippen LogP contribution in [0.3, 0.4) is 0 Å². The minimum absolute atomic E-state index is 0.239. The molecule has 0 aliphatic heterocycles. The van der Waals surface area contributed by atoms with E-state index in [9.17, 15) is 9.90 Å². The summed E-state index contributed by atoms with van der Waals surface area (Å²) in [5, 5.41) is 16.6. The number of nitrogens with one attached hydrogen (secondary N) is 3. The second kappa shape index (κ2) is 6.50. The number of carbonyl (C=O) groups is 1. The predicted molar refractivity (Wildman–Crippen MR) is 88.8 cm³/mol. The van der Waals surface area contributed by atoms with E-state index < -0.39 is 5.60 Å². The molecule has 0 unspecified atom stereocenters. The van der Waals surface area contributed by atoms with Crippen LogP contribution in [0.25, 0.3) is 10.9 Å². The van der Waals surface area contributed by atoms with Gasteiger partial charge in [0.1, 0.15) is 5.75 Å². The van der Waals surface area contributed by atoms with Gasteiger partial charge in [0.2, 0.25) is 0 Å². The summed E-state index contributed by atoms with van der Waals surface area (Å²) >= 11 is 0. The average Bonchev–Trinajstić information content (AvgIpc) is 2.94. The Bertz CT molecular complexity index is 691. The summed E-state index contributed by atoms with van der Waals surface area (Å²) in [6.45, 7) is 0.842. The minimum atomic E-state index is -0.693. The number of aliphatic hydroxyl groups is 1. The first-order valence-corrected chi connectivity index (χ1v) is 7.98. The van der Waals surface area contributed by atoms with Crippen molar-refractivity contribution in [3.05, 3.63) is 30.0 Å². The van der Waals surface area contributed by atoms with Crippen LogP contribution in [-0.2, 0) is 6.42 Å². The Labute approximate surface area is 135 Å². The lowest BCUT2D eigenvalue weighted by atomic mass is 9.80. The number of hydrogen-bond donors (Lipinski definition) is 4. The van der Waals surface area contributed by atoms with Gasteiger partial charge in [-0.15, -0.1) is 0 Å². The number of benzene rings is 1. The van der Waals surface area contributed by atoms with Gasteiger partial charge in [0.25, 0.3) is 0 Å². The number of ether oxygens (including phenoxy) is 1. The van der Waals surface area contributed by atoms with Crippen LogP contribution in [0, 0.1) is 0 Å². The highest BCUT2D eigenvalue weighted by atomic mass is 16.5. The first-order chi connectivity index (χ1) is 11.1. The number of aromatic nitrogens is 1. The highest BCUT2D eigenvalue weighted by Crippen LogP contribution is 2.30. The summed E-state index contributed by atoms with van der Waals surface area (Å²) in [4.78, 5) is 15.0. The van der Waals surface area contributed by atoms with Crippen molar-refractivity contribution in [2.24, 2.45) is 0 Å². The van der Waals surface area contributed by atoms with Crippen LogP contribution >= 0.6 is 0 Å². The molecule has 2 aromatic rings. The van der Waals surface area contributed by atoms with E-state index in [0.717, 1.165) is 41.5 Å². The lowest BCUT2D eigenvalue weighted by Gasteiger charge is -2.36. The van der Waals surface area contributed by atoms with Crippen molar-refractivity contribution in [1.29, 1.82) is 0 Å². The summed E-state index contributed by atoms with van der Waals surface area (Å²) in [6, 6.07) is 5.63. The normalized spacial score (nSPS) is 15.9. The van der Waals surface area contributed by atoms with Gasteiger partial charge in [-0.25, -0.2) is 4.79 Å². The Morgan fingerprint density at radius 2 is 2.22 bits per heavy atom. The molecule has 2 amide bonds. The number of urea groups is 1. The SMILES string of the molecule is COc1cccc2[nH]cc(CCNC(=O)NCC3(O)CCC3)c12. The lowest BCUT2D eigenvalue weighted by Crippen LogP contribution is -2.50. The zero-order valence-corrected chi connectivity index (χ0v) is 13.3. The third-order valence-electron chi connectivity index (χ3n) is 4.51. The molecule has 0 atom stereocenters. The van der Waals surface area contributed by atoms with Crippen molar-refractivity contribution in [2.45, 2.75) is 31.3 Å². The molecule has 1 fully saturated rings. The number of carbonyl (C=O) groups excluding carboxylic acids is 1. The van der Waals surface area contributed by atoms with E-state index in [-0.39, 0.29) is 6.03 Å². The number of hydrogen-bond acceptors (Lipinski definition) is 3. The average molecular weight is 317 g/mol. The van der Waals surface area contributed by atoms with Crippen LogP contribution in [0.4, 0.5) is 4.79 Å². The first-order valence-electron chi connectivity index (χ1n) is 7.98. The maximum Gasteiger partial charge on any atom is 0.314 e. The molecule has 1 aliphatic carbocycles. The zero-order chi connectivity index (χ0) is 16.3. The third kappa shape index (κ3) is 3.42. The van der Waals surface area contributed by atoms with E-state index in [1.54, 1.807) is 7.11 Å². The monoisotopic (exact) mass is 317 g/mol. The molecule has 6 heteroatoms. The summed E-state index contributed by atoms with van der Waals surface area (Å²) < 4.78 is 5.40. The maximum absolute atomic E-state index is 11.8. The third-order valence-corrected chi connectivity index (χ3v) is 4.51. The van der Waals surface area contributed by atoms with Crippen molar-refractivity contribution < 1.29 is 14.6 Å². The van der Waals surface area contributed by atoms with Crippen LogP contribution in [0.1, 0.15) is 24.8 Å². The largest absolute Gasteiger partial charge is 0.496 e. The molecule has 124 valence electrons. The molecule has 1 aromatic carbocycles. The summed E-state index contributed by atoms with van der Waals surface area (Å²) in [5.41, 5.74) is 1.44. The molecule has 1 saturated carbocycles. The molecule has 0 bridgehead atoms. The maximum atomic E-state index is 11.8. The van der Waals surface area contributed by atoms with Gasteiger partial charge < -0.3 is 25.5 Å². The molecule has 1 aromatic heterocycles. The molecule has 0 saturated heterocycles. The Morgan fingerprint density at radius 3 is 2.91 bits per heavy atom. The second-order valence-electron chi connectivity index (χ2n) is 6.13. The van der Waals surface area contributed by atoms with Crippen molar-refractivity contribution in [1.82, 2.24) is 15.6 Å². The molecule has 0 spiro atoms. The van der Waals surface area contributed by atoms with Crippen LogP contribution in [0.15, 0.2) is 24.4 Å². The minimum Gasteiger partial charge on any atom is -0.496 e. The molecule has 1 aliphatic rings. The molecule has 3 rings (SSSR count). The highest BCUT2D eigenvalue weighted by Gasteiger charge is 2.34. The van der Waals surface area contributed by atoms with Crippen LogP contribution in [0.2, 0.25) is 0 Å². The Hall–Kier alpha value is -2.21. The fourth-order valence-electron chi connectivity index (χ4n) is 2.97. The predicted octanol–water partition coefficient (Wildman–Crippen LogP) is 1.93. The lowest BCUT2D eigenvalue weighted by molar-refractivity contribution is -0.0290. The van der Waals surface area contributed by atoms with E-state index in [1.807, 2.05) is 24.4 Å². The molecule has 4 N–H and O–H groups in total. The number of methoxy groups -OCH3 is 1. The standard InChI is InChI=1S/C17H23N3O3/c1-23-14-5-2-4-13-15(14)12(10-19-13)6-9-18-16(21)20-11-17(22)7-3-8-17/h2,4-5,10,19,22H,3,6-9,11H2,1H3,(H2,18,20,21). The van der Waals surface area contributed by atoms with Gasteiger partial charge >= 0.3 is 6.03 Å². The van der Waals surface area contributed by atoms with Crippen LogP contribution < -0.4 is 15.4 Å². The van der Waals surface area contributed by atoms with Gasteiger partial charge in [-0.2, -0.15) is 0 Å². The molecular formula is C17H23N3O3. The van der Waals surface area contributed by atoms with Gasteiger partial charge in [0.15, 0.2) is 0 Å². The zero-order valence-electron chi connectivity index (χ0n) is 13.3. The molecule has 0 radical (unpaired) electrons. The van der Waals surface area contributed by atoms with Crippen molar-refractivity contribution in [2.75, 3.05) is 20.2 Å². The number of H-pyrrole nitrogens is 1. The molecule has 23 heavy (non-hydrogen) atoms. The van der Waals surface area contributed by atoms with Gasteiger partial charge in [-0.3, -0.25) is 0 Å². The van der Waals surface area contributed by atoms with E-state index in [1.165, 1.54) is 0 Å². The summed E-state index contributed by atoms with van der Waals surface area (Å²) in [7, 11) is 1.66. The fraction of sp³-hybridized carbons (Fsp3) is 0.471. The van der Waals surface area contributed by atoms with Gasteiger partial charge in [-0.05, 0) is 43.4 Å². The number of rotatable bonds is 6. The number of amides is 2. The Kier molecular flexibility index (Phi) is 4.43. The smallest absolute Gasteiger partial charge is 0.314 e. The second-order valence-corrected chi connectivity index (χ2v) is 6.13. The van der Waals surface area contributed by atoms with Gasteiger partial charge in [-0.1, -0.05) is 6.07 Å². The quantitative estimate of drug-likeness (QED) is 0.657. The van der Waals surface area contributed by atoms with Crippen molar-refractivity contribution >= 4 is 16.9 Å². The molecule has 6 nitrogen and oxygen atoms in total. The number of aromatic amines is 1. The highest BCUT2D eigenvalue weighted by molar-refractivity contribution is 5.89. The Morgan fingerprint density at radius 1 is 1.39 bits per heavy atom. The number of fused-ring (bicyclic) bond motifs is 1. The topological polar surface area (TPSA) is 86.4 Å². The molecule has 1 heterocycles. The van der Waals surface area contributed by atoms with E-state index in [4.69, 9.17) is 4.74 Å². The van der Waals surface area contributed by atoms with Crippen LogP contribution in [0.5, 0.6) is 5.75 Å².